The van der Waals surface area contributed by atoms with Crippen molar-refractivity contribution in [2.45, 2.75) is 6.18 Å². The number of primary amides is 1. The molecule has 0 saturated heterocycles. The van der Waals surface area contributed by atoms with E-state index in [2.05, 4.69) is 14.7 Å². The molecule has 0 atom stereocenters. The topological polar surface area (TPSA) is 100 Å². The molecular weight excluding hydrogens is 343 g/mol. The maximum Gasteiger partial charge on any atom is 0.422 e. The third-order valence-corrected chi connectivity index (χ3v) is 2.91. The van der Waals surface area contributed by atoms with Gasteiger partial charge in [-0.1, -0.05) is 0 Å². The van der Waals surface area contributed by atoms with E-state index >= 15 is 0 Å². The average molecular weight is 353 g/mol. The molecule has 0 fully saturated rings. The second-order valence-electron chi connectivity index (χ2n) is 4.83. The minimum Gasteiger partial charge on any atom is -0.478 e. The SMILES string of the molecule is NC(=O)c1nc2ccc(Oc3ncccc3OCC(F)(F)F)cc2o1. The molecule has 2 N–H and O–H groups in total. The van der Waals surface area contributed by atoms with Crippen molar-refractivity contribution >= 4 is 17.0 Å². The Labute approximate surface area is 138 Å². The van der Waals surface area contributed by atoms with Gasteiger partial charge in [-0.2, -0.15) is 13.2 Å². The Morgan fingerprint density at radius 2 is 2.08 bits per heavy atom. The first kappa shape index (κ1) is 16.6. The van der Waals surface area contributed by atoms with Gasteiger partial charge in [0.1, 0.15) is 11.3 Å². The van der Waals surface area contributed by atoms with E-state index in [0.29, 0.717) is 5.52 Å². The zero-order valence-electron chi connectivity index (χ0n) is 12.4. The Bertz CT molecular complexity index is 924. The van der Waals surface area contributed by atoms with Crippen LogP contribution in [0.3, 0.4) is 0 Å². The smallest absolute Gasteiger partial charge is 0.422 e. The van der Waals surface area contributed by atoms with Crippen molar-refractivity contribution in [2.24, 2.45) is 5.73 Å². The van der Waals surface area contributed by atoms with Gasteiger partial charge in [0.05, 0.1) is 0 Å². The summed E-state index contributed by atoms with van der Waals surface area (Å²) in [5.41, 5.74) is 5.68. The summed E-state index contributed by atoms with van der Waals surface area (Å²) in [5.74, 6) is -1.21. The summed E-state index contributed by atoms with van der Waals surface area (Å²) in [5, 5.41) is 0. The lowest BCUT2D eigenvalue weighted by molar-refractivity contribution is -0.153. The summed E-state index contributed by atoms with van der Waals surface area (Å²) >= 11 is 0. The summed E-state index contributed by atoms with van der Waals surface area (Å²) < 4.78 is 52.2. The molecule has 2 aromatic heterocycles. The van der Waals surface area contributed by atoms with Crippen molar-refractivity contribution in [2.75, 3.05) is 6.61 Å². The Morgan fingerprint density at radius 1 is 1.28 bits per heavy atom. The fourth-order valence-electron chi connectivity index (χ4n) is 1.91. The van der Waals surface area contributed by atoms with E-state index in [9.17, 15) is 18.0 Å². The number of nitrogens with zero attached hydrogens (tertiary/aromatic N) is 2. The molecular formula is C15H10F3N3O4. The van der Waals surface area contributed by atoms with Gasteiger partial charge in [-0.05, 0) is 24.3 Å². The van der Waals surface area contributed by atoms with Crippen molar-refractivity contribution in [1.82, 2.24) is 9.97 Å². The van der Waals surface area contributed by atoms with Crippen molar-refractivity contribution < 1.29 is 31.9 Å². The molecule has 1 amide bonds. The van der Waals surface area contributed by atoms with Crippen molar-refractivity contribution in [3.8, 4) is 17.4 Å². The predicted molar refractivity (Wildman–Crippen MR) is 78.4 cm³/mol. The van der Waals surface area contributed by atoms with E-state index in [0.717, 1.165) is 0 Å². The maximum atomic E-state index is 12.3. The Hall–Kier alpha value is -3.30. The lowest BCUT2D eigenvalue weighted by Crippen LogP contribution is -2.19. The number of hydrogen-bond acceptors (Lipinski definition) is 6. The van der Waals surface area contributed by atoms with Crippen LogP contribution in [0.2, 0.25) is 0 Å². The van der Waals surface area contributed by atoms with Crippen LogP contribution >= 0.6 is 0 Å². The number of nitrogens with two attached hydrogens (primary N) is 1. The molecule has 0 spiro atoms. The van der Waals surface area contributed by atoms with Crippen LogP contribution in [-0.4, -0.2) is 28.7 Å². The fourth-order valence-corrected chi connectivity index (χ4v) is 1.91. The molecule has 1 aromatic carbocycles. The molecule has 2 heterocycles. The highest BCUT2D eigenvalue weighted by molar-refractivity contribution is 5.91. The number of rotatable bonds is 5. The van der Waals surface area contributed by atoms with Crippen LogP contribution in [0.4, 0.5) is 13.2 Å². The summed E-state index contributed by atoms with van der Waals surface area (Å²) in [7, 11) is 0. The molecule has 0 bridgehead atoms. The third-order valence-electron chi connectivity index (χ3n) is 2.91. The number of pyridine rings is 1. The molecule has 0 radical (unpaired) electrons. The number of aromatic nitrogens is 2. The molecule has 25 heavy (non-hydrogen) atoms. The Morgan fingerprint density at radius 3 is 2.80 bits per heavy atom. The quantitative estimate of drug-likeness (QED) is 0.757. The highest BCUT2D eigenvalue weighted by Gasteiger charge is 2.29. The minimum absolute atomic E-state index is 0.152. The third kappa shape index (κ3) is 3.97. The van der Waals surface area contributed by atoms with Gasteiger partial charge >= 0.3 is 12.1 Å². The van der Waals surface area contributed by atoms with Gasteiger partial charge in [0, 0.05) is 12.3 Å². The van der Waals surface area contributed by atoms with E-state index in [1.54, 1.807) is 0 Å². The first-order valence-corrected chi connectivity index (χ1v) is 6.84. The summed E-state index contributed by atoms with van der Waals surface area (Å²) in [6.07, 6.45) is -3.15. The van der Waals surface area contributed by atoms with E-state index in [-0.39, 0.29) is 28.9 Å². The number of halogens is 3. The van der Waals surface area contributed by atoms with Gasteiger partial charge in [-0.25, -0.2) is 9.97 Å². The Kier molecular flexibility index (Phi) is 4.17. The second-order valence-corrected chi connectivity index (χ2v) is 4.83. The van der Waals surface area contributed by atoms with Gasteiger partial charge in [0.2, 0.25) is 0 Å². The number of carbonyl (C=O) groups excluding carboxylic acids is 1. The standard InChI is InChI=1S/C15H10F3N3O4/c16-15(17,18)7-23-10-2-1-5-20-13(10)24-8-3-4-9-11(6-8)25-14(21-9)12(19)22/h1-6H,7H2,(H2,19,22). The zero-order valence-corrected chi connectivity index (χ0v) is 12.4. The van der Waals surface area contributed by atoms with Crippen molar-refractivity contribution in [3.63, 3.8) is 0 Å². The van der Waals surface area contributed by atoms with Gasteiger partial charge in [-0.3, -0.25) is 4.79 Å². The zero-order chi connectivity index (χ0) is 18.0. The summed E-state index contributed by atoms with van der Waals surface area (Å²) in [6, 6.07) is 7.10. The van der Waals surface area contributed by atoms with Crippen LogP contribution in [-0.2, 0) is 0 Å². The van der Waals surface area contributed by atoms with Crippen LogP contribution in [0.15, 0.2) is 40.9 Å². The molecule has 3 aromatic rings. The van der Waals surface area contributed by atoms with Crippen LogP contribution in [0, 0.1) is 0 Å². The van der Waals surface area contributed by atoms with E-state index in [1.165, 1.54) is 36.5 Å². The van der Waals surface area contributed by atoms with E-state index in [1.807, 2.05) is 0 Å². The number of carbonyl (C=O) groups is 1. The molecule has 0 aliphatic rings. The molecule has 10 heteroatoms. The molecule has 130 valence electrons. The number of ether oxygens (including phenoxy) is 2. The van der Waals surface area contributed by atoms with Gasteiger partial charge < -0.3 is 19.6 Å². The lowest BCUT2D eigenvalue weighted by Gasteiger charge is -2.12. The number of fused-ring (bicyclic) bond motifs is 1. The number of benzene rings is 1. The Balaban J connectivity index is 1.84. The molecule has 0 aliphatic carbocycles. The predicted octanol–water partition coefficient (Wildman–Crippen LogP) is 3.06. The number of alkyl halides is 3. The van der Waals surface area contributed by atoms with Gasteiger partial charge in [0.25, 0.3) is 11.8 Å². The second kappa shape index (κ2) is 6.30. The number of hydrogen-bond donors (Lipinski definition) is 1. The summed E-state index contributed by atoms with van der Waals surface area (Å²) in [6.45, 7) is -1.47. The maximum absolute atomic E-state index is 12.3. The van der Waals surface area contributed by atoms with Crippen molar-refractivity contribution in [3.05, 3.63) is 42.4 Å². The largest absolute Gasteiger partial charge is 0.478 e. The van der Waals surface area contributed by atoms with Crippen LogP contribution in [0.5, 0.6) is 17.4 Å². The van der Waals surface area contributed by atoms with Gasteiger partial charge in [-0.15, -0.1) is 0 Å². The highest BCUT2D eigenvalue weighted by Crippen LogP contribution is 2.31. The highest BCUT2D eigenvalue weighted by atomic mass is 19.4. The van der Waals surface area contributed by atoms with E-state index < -0.39 is 18.7 Å². The van der Waals surface area contributed by atoms with Crippen LogP contribution in [0.1, 0.15) is 10.7 Å². The van der Waals surface area contributed by atoms with Crippen molar-refractivity contribution in [1.29, 1.82) is 0 Å². The minimum atomic E-state index is -4.49. The molecule has 0 aliphatic heterocycles. The summed E-state index contributed by atoms with van der Waals surface area (Å²) in [4.78, 5) is 18.8. The number of oxazole rings is 1. The van der Waals surface area contributed by atoms with Crippen LogP contribution < -0.4 is 15.2 Å². The molecule has 7 nitrogen and oxygen atoms in total. The first-order chi connectivity index (χ1) is 11.8. The van der Waals surface area contributed by atoms with E-state index in [4.69, 9.17) is 14.9 Å². The van der Waals surface area contributed by atoms with Gasteiger partial charge in [0.15, 0.2) is 17.9 Å². The molecule has 0 saturated carbocycles. The normalized spacial score (nSPS) is 11.5. The fraction of sp³-hybridized carbons (Fsp3) is 0.133. The molecule has 0 unspecified atom stereocenters. The van der Waals surface area contributed by atoms with Crippen LogP contribution in [0.25, 0.3) is 11.1 Å². The monoisotopic (exact) mass is 353 g/mol. The first-order valence-electron chi connectivity index (χ1n) is 6.84. The lowest BCUT2D eigenvalue weighted by atomic mass is 10.3. The average Bonchev–Trinajstić information content (AvgIpc) is 2.97. The molecule has 3 rings (SSSR count). The number of amides is 1.